The molecule has 0 aromatic rings. The zero-order chi connectivity index (χ0) is 6.83. The van der Waals surface area contributed by atoms with Crippen LogP contribution >= 0.6 is 18.1 Å². The molecule has 0 radical (unpaired) electrons. The van der Waals surface area contributed by atoms with Gasteiger partial charge in [-0.1, -0.05) is 13.8 Å². The predicted molar refractivity (Wildman–Crippen MR) is 41.7 cm³/mol. The summed E-state index contributed by atoms with van der Waals surface area (Å²) in [5.74, 6) is 0. The van der Waals surface area contributed by atoms with Crippen LogP contribution in [0.2, 0.25) is 0 Å². The fourth-order valence-corrected chi connectivity index (χ4v) is 0.250. The van der Waals surface area contributed by atoms with Gasteiger partial charge in [-0.3, -0.25) is 0 Å². The molecule has 0 aromatic carbocycles. The van der Waals surface area contributed by atoms with E-state index in [1.165, 1.54) is 0 Å². The molecule has 0 fully saturated rings. The topological polar surface area (TPSA) is 12.0 Å². The largest absolute Gasteiger partial charge is 0.618 e. The van der Waals surface area contributed by atoms with E-state index in [1.807, 2.05) is 0 Å². The third kappa shape index (κ3) is 26.6. The third-order valence-electron chi connectivity index (χ3n) is 0.500. The van der Waals surface area contributed by atoms with E-state index in [2.05, 4.69) is 19.2 Å². The minimum absolute atomic E-state index is 0.639. The van der Waals surface area contributed by atoms with Crippen molar-refractivity contribution in [3.05, 3.63) is 0 Å². The van der Waals surface area contributed by atoms with Crippen LogP contribution in [0.5, 0.6) is 0 Å². The van der Waals surface area contributed by atoms with Gasteiger partial charge in [0, 0.05) is 0 Å². The van der Waals surface area contributed by atoms with Crippen molar-refractivity contribution in [2.45, 2.75) is 13.8 Å². The van der Waals surface area contributed by atoms with E-state index in [4.69, 9.17) is 18.1 Å². The van der Waals surface area contributed by atoms with Crippen LogP contribution in [0, 0.1) is 0 Å². The van der Waals surface area contributed by atoms with Gasteiger partial charge in [-0.2, -0.15) is 0 Å². The van der Waals surface area contributed by atoms with Gasteiger partial charge in [0.15, 0.2) is 0 Å². The van der Waals surface area contributed by atoms with Crippen molar-refractivity contribution in [2.24, 2.45) is 0 Å². The highest BCUT2D eigenvalue weighted by molar-refractivity contribution is 7.22. The van der Waals surface area contributed by atoms with Crippen molar-refractivity contribution in [1.82, 2.24) is 5.32 Å². The Hall–Kier alpha value is 1.31. The Balaban J connectivity index is 0. The van der Waals surface area contributed by atoms with Crippen molar-refractivity contribution in [1.29, 1.82) is 0 Å². The van der Waals surface area contributed by atoms with Gasteiger partial charge >= 0.3 is 18.2 Å². The molecule has 0 saturated heterocycles. The van der Waals surface area contributed by atoms with Crippen LogP contribution in [-0.2, 0) is 0 Å². The first-order valence-electron chi connectivity index (χ1n) is 2.66. The maximum atomic E-state index is 4.90. The number of hydrogen-bond donors (Lipinski definition) is 1. The van der Waals surface area contributed by atoms with Crippen molar-refractivity contribution in [2.75, 3.05) is 13.1 Å². The van der Waals surface area contributed by atoms with E-state index in [0.717, 1.165) is 13.1 Å². The summed E-state index contributed by atoms with van der Waals surface area (Å²) in [6.45, 7) is 6.39. The van der Waals surface area contributed by atoms with E-state index in [1.54, 1.807) is 0 Å². The van der Waals surface area contributed by atoms with Gasteiger partial charge in [-0.05, 0) is 13.1 Å². The Morgan fingerprint density at radius 3 is 1.50 bits per heavy atom. The summed E-state index contributed by atoms with van der Waals surface area (Å²) in [6, 6.07) is 0. The van der Waals surface area contributed by atoms with Crippen molar-refractivity contribution >= 4 is 36.3 Å². The summed E-state index contributed by atoms with van der Waals surface area (Å²) in [5.41, 5.74) is 0. The molecule has 0 atom stereocenters. The second-order valence-corrected chi connectivity index (χ2v) is 3.68. The molecule has 1 nitrogen and oxygen atoms in total. The third-order valence-corrected chi connectivity index (χ3v) is 0.500. The average Bonchev–Trinajstić information content (AvgIpc) is 1.71. The molecule has 48 valence electrons. The molecule has 0 spiro atoms. The summed E-state index contributed by atoms with van der Waals surface area (Å²) >= 11 is -0.639. The Morgan fingerprint density at radius 2 is 1.50 bits per heavy atom. The van der Waals surface area contributed by atoms with Gasteiger partial charge in [0.2, 0.25) is 0 Å². The van der Waals surface area contributed by atoms with Gasteiger partial charge in [0.1, 0.15) is 0 Å². The van der Waals surface area contributed by atoms with Crippen LogP contribution in [0.15, 0.2) is 0 Å². The molecule has 0 unspecified atom stereocenters. The van der Waals surface area contributed by atoms with Gasteiger partial charge in [0.25, 0.3) is 0 Å². The first-order chi connectivity index (χ1) is 3.83. The van der Waals surface area contributed by atoms with E-state index in [-0.39, 0.29) is 0 Å². The Bertz CT molecular complexity index is 28.0. The van der Waals surface area contributed by atoms with Crippen LogP contribution < -0.4 is 5.32 Å². The molecule has 0 saturated carbocycles. The lowest BCUT2D eigenvalue weighted by atomic mass is 10.7. The average molecular weight is 168 g/mol. The maximum Gasteiger partial charge on any atom is 0.618 e. The summed E-state index contributed by atoms with van der Waals surface area (Å²) in [7, 11) is 9.81. The highest BCUT2D eigenvalue weighted by Crippen LogP contribution is 1.67. The summed E-state index contributed by atoms with van der Waals surface area (Å²) in [4.78, 5) is 0. The first-order valence-corrected chi connectivity index (χ1v) is 6.93. The molecular formula is C4H11Cl2MgN. The SMILES string of the molecule is CCNCC.[Cl][Mg][Cl]. The molecule has 0 aromatic heterocycles. The second-order valence-electron chi connectivity index (χ2n) is 1.06. The summed E-state index contributed by atoms with van der Waals surface area (Å²) in [6.07, 6.45) is 0. The van der Waals surface area contributed by atoms with Gasteiger partial charge in [-0.25, -0.2) is 0 Å². The van der Waals surface area contributed by atoms with Crippen molar-refractivity contribution in [3.63, 3.8) is 0 Å². The minimum Gasteiger partial charge on any atom is -0.317 e. The van der Waals surface area contributed by atoms with Crippen LogP contribution in [0.3, 0.4) is 0 Å². The lowest BCUT2D eigenvalue weighted by Crippen LogP contribution is -2.09. The zero-order valence-electron chi connectivity index (χ0n) is 5.38. The van der Waals surface area contributed by atoms with Crippen LogP contribution in [0.4, 0.5) is 0 Å². The highest BCUT2D eigenvalue weighted by Gasteiger charge is 1.64. The molecule has 0 heterocycles. The molecule has 0 rings (SSSR count). The van der Waals surface area contributed by atoms with Gasteiger partial charge in [-0.15, -0.1) is 0 Å². The number of nitrogens with one attached hydrogen (secondary N) is 1. The maximum absolute atomic E-state index is 4.90. The minimum atomic E-state index is -0.639. The number of hydrogen-bond acceptors (Lipinski definition) is 1. The molecule has 8 heavy (non-hydrogen) atoms. The molecule has 0 aliphatic carbocycles. The van der Waals surface area contributed by atoms with Crippen LogP contribution in [0.1, 0.15) is 13.8 Å². The quantitative estimate of drug-likeness (QED) is 0.618. The van der Waals surface area contributed by atoms with Crippen LogP contribution in [-0.4, -0.2) is 31.3 Å². The predicted octanol–water partition coefficient (Wildman–Crippen LogP) is 1.61. The number of rotatable bonds is 2. The highest BCUT2D eigenvalue weighted by atomic mass is 35.6. The fourth-order valence-electron chi connectivity index (χ4n) is 0.250. The molecule has 4 heteroatoms. The lowest BCUT2D eigenvalue weighted by molar-refractivity contribution is 0.762. The normalized spacial score (nSPS) is 6.50. The van der Waals surface area contributed by atoms with Crippen LogP contribution in [0.25, 0.3) is 0 Å². The fraction of sp³-hybridized carbons (Fsp3) is 1.00. The lowest BCUT2D eigenvalue weighted by Gasteiger charge is -1.86. The molecule has 0 aliphatic rings. The number of halogens is 2. The molecule has 1 N–H and O–H groups in total. The summed E-state index contributed by atoms with van der Waals surface area (Å²) in [5, 5.41) is 3.11. The summed E-state index contributed by atoms with van der Waals surface area (Å²) < 4.78 is 0. The Labute approximate surface area is 68.4 Å². The first kappa shape index (κ1) is 12.0. The molecular weight excluding hydrogens is 157 g/mol. The van der Waals surface area contributed by atoms with E-state index in [9.17, 15) is 0 Å². The molecule has 0 amide bonds. The monoisotopic (exact) mass is 167 g/mol. The smallest absolute Gasteiger partial charge is 0.317 e. The standard InChI is InChI=1S/C4H11N.2ClH.Mg/c1-3-5-4-2;;;/h5H,3-4H2,1-2H3;2*1H;/q;;;+2/p-2. The Kier molecular flexibility index (Phi) is 23.7. The molecule has 0 bridgehead atoms. The van der Waals surface area contributed by atoms with Crippen molar-refractivity contribution in [3.8, 4) is 0 Å². The zero-order valence-corrected chi connectivity index (χ0v) is 8.30. The Morgan fingerprint density at radius 1 is 1.25 bits per heavy atom. The van der Waals surface area contributed by atoms with E-state index >= 15 is 0 Å². The van der Waals surface area contributed by atoms with Gasteiger partial charge < -0.3 is 23.5 Å². The van der Waals surface area contributed by atoms with E-state index < -0.39 is 18.2 Å². The van der Waals surface area contributed by atoms with Gasteiger partial charge in [0.05, 0.1) is 0 Å². The molecule has 0 aliphatic heterocycles. The van der Waals surface area contributed by atoms with E-state index in [0.29, 0.717) is 0 Å². The second kappa shape index (κ2) is 15.7. The van der Waals surface area contributed by atoms with Crippen molar-refractivity contribution < 1.29 is 0 Å².